The SMILES string of the molecule is Cc1cccc(NC(=O)[C@@H](C)NC[C@@H](c2ccccc2)c2c[nH]c3ccccc23)c1. The zero-order valence-electron chi connectivity index (χ0n) is 17.4. The number of nitrogens with one attached hydrogen (secondary N) is 3. The van der Waals surface area contributed by atoms with Crippen LogP contribution in [-0.2, 0) is 4.79 Å². The van der Waals surface area contributed by atoms with E-state index in [9.17, 15) is 4.79 Å². The highest BCUT2D eigenvalue weighted by Crippen LogP contribution is 2.30. The number of carbonyl (C=O) groups is 1. The number of rotatable bonds is 7. The van der Waals surface area contributed by atoms with Crippen molar-refractivity contribution >= 4 is 22.5 Å². The first-order valence-electron chi connectivity index (χ1n) is 10.3. The van der Waals surface area contributed by atoms with Crippen molar-refractivity contribution in [3.05, 3.63) is 102 Å². The van der Waals surface area contributed by atoms with Crippen LogP contribution in [0.25, 0.3) is 10.9 Å². The van der Waals surface area contributed by atoms with E-state index in [0.717, 1.165) is 16.8 Å². The molecule has 0 saturated carbocycles. The first-order chi connectivity index (χ1) is 14.6. The first-order valence-corrected chi connectivity index (χ1v) is 10.3. The second-order valence-corrected chi connectivity index (χ2v) is 7.74. The molecule has 0 radical (unpaired) electrons. The molecule has 0 fully saturated rings. The van der Waals surface area contributed by atoms with Gasteiger partial charge in [-0.3, -0.25) is 4.79 Å². The summed E-state index contributed by atoms with van der Waals surface area (Å²) in [7, 11) is 0. The Morgan fingerprint density at radius 2 is 1.73 bits per heavy atom. The van der Waals surface area contributed by atoms with Gasteiger partial charge in [-0.05, 0) is 48.7 Å². The topological polar surface area (TPSA) is 56.9 Å². The van der Waals surface area contributed by atoms with Crippen LogP contribution in [-0.4, -0.2) is 23.5 Å². The number of aryl methyl sites for hydroxylation is 1. The van der Waals surface area contributed by atoms with Crippen molar-refractivity contribution < 1.29 is 4.79 Å². The summed E-state index contributed by atoms with van der Waals surface area (Å²) >= 11 is 0. The number of hydrogen-bond acceptors (Lipinski definition) is 2. The van der Waals surface area contributed by atoms with E-state index in [1.807, 2.05) is 50.2 Å². The highest BCUT2D eigenvalue weighted by atomic mass is 16.2. The number of carbonyl (C=O) groups excluding carboxylic acids is 1. The van der Waals surface area contributed by atoms with Crippen molar-refractivity contribution in [2.24, 2.45) is 0 Å². The molecule has 0 aliphatic heterocycles. The fraction of sp³-hybridized carbons (Fsp3) is 0.192. The van der Waals surface area contributed by atoms with Gasteiger partial charge in [-0.15, -0.1) is 0 Å². The Labute approximate surface area is 177 Å². The standard InChI is InChI=1S/C26H27N3O/c1-18-9-8-12-21(15-18)29-26(30)19(2)27-16-23(20-10-4-3-5-11-20)24-17-28-25-14-7-6-13-22(24)25/h3-15,17,19,23,27-28H,16H2,1-2H3,(H,29,30)/t19-,23+/m1/s1. The van der Waals surface area contributed by atoms with Gasteiger partial charge < -0.3 is 15.6 Å². The van der Waals surface area contributed by atoms with Crippen LogP contribution in [0.15, 0.2) is 85.1 Å². The van der Waals surface area contributed by atoms with Crippen molar-refractivity contribution in [3.8, 4) is 0 Å². The third-order valence-electron chi connectivity index (χ3n) is 5.51. The molecule has 0 bridgehead atoms. The maximum absolute atomic E-state index is 12.7. The van der Waals surface area contributed by atoms with Crippen molar-refractivity contribution in [1.82, 2.24) is 10.3 Å². The lowest BCUT2D eigenvalue weighted by Crippen LogP contribution is -2.40. The summed E-state index contributed by atoms with van der Waals surface area (Å²) < 4.78 is 0. The van der Waals surface area contributed by atoms with Gasteiger partial charge in [-0.25, -0.2) is 0 Å². The van der Waals surface area contributed by atoms with E-state index in [1.165, 1.54) is 16.5 Å². The maximum atomic E-state index is 12.7. The predicted octanol–water partition coefficient (Wildman–Crippen LogP) is 5.23. The normalized spacial score (nSPS) is 13.1. The lowest BCUT2D eigenvalue weighted by atomic mass is 9.90. The van der Waals surface area contributed by atoms with Gasteiger partial charge in [0.15, 0.2) is 0 Å². The average Bonchev–Trinajstić information content (AvgIpc) is 3.18. The fourth-order valence-corrected chi connectivity index (χ4v) is 3.84. The molecule has 1 amide bonds. The molecule has 0 unspecified atom stereocenters. The van der Waals surface area contributed by atoms with Crippen LogP contribution >= 0.6 is 0 Å². The number of benzene rings is 3. The molecule has 152 valence electrons. The zero-order chi connectivity index (χ0) is 20.9. The van der Waals surface area contributed by atoms with Crippen molar-refractivity contribution in [2.75, 3.05) is 11.9 Å². The number of aromatic amines is 1. The van der Waals surface area contributed by atoms with E-state index < -0.39 is 0 Å². The Bertz CT molecular complexity index is 1130. The molecule has 1 aromatic heterocycles. The molecule has 4 rings (SSSR count). The van der Waals surface area contributed by atoms with E-state index in [4.69, 9.17) is 0 Å². The van der Waals surface area contributed by atoms with Gasteiger partial charge in [-0.2, -0.15) is 0 Å². The van der Waals surface area contributed by atoms with Crippen LogP contribution in [0.5, 0.6) is 0 Å². The summed E-state index contributed by atoms with van der Waals surface area (Å²) in [6.45, 7) is 4.58. The number of amides is 1. The predicted molar refractivity (Wildman–Crippen MR) is 124 cm³/mol. The van der Waals surface area contributed by atoms with Crippen LogP contribution in [0.4, 0.5) is 5.69 Å². The molecular formula is C26H27N3O. The van der Waals surface area contributed by atoms with Gasteiger partial charge in [0.2, 0.25) is 5.91 Å². The lowest BCUT2D eigenvalue weighted by molar-refractivity contribution is -0.117. The van der Waals surface area contributed by atoms with Crippen LogP contribution in [0.2, 0.25) is 0 Å². The molecule has 3 N–H and O–H groups in total. The summed E-state index contributed by atoms with van der Waals surface area (Å²) in [6, 6.07) is 26.3. The van der Waals surface area contributed by atoms with Gasteiger partial charge in [0.1, 0.15) is 0 Å². The Hall–Kier alpha value is -3.37. The highest BCUT2D eigenvalue weighted by Gasteiger charge is 2.20. The second-order valence-electron chi connectivity index (χ2n) is 7.74. The van der Waals surface area contributed by atoms with Gasteiger partial charge >= 0.3 is 0 Å². The van der Waals surface area contributed by atoms with Gasteiger partial charge in [0, 0.05) is 35.2 Å². The second kappa shape index (κ2) is 8.97. The molecule has 1 heterocycles. The highest BCUT2D eigenvalue weighted by molar-refractivity contribution is 5.94. The minimum absolute atomic E-state index is 0.0358. The van der Waals surface area contributed by atoms with E-state index in [-0.39, 0.29) is 17.9 Å². The van der Waals surface area contributed by atoms with E-state index in [1.54, 1.807) is 0 Å². The monoisotopic (exact) mass is 397 g/mol. The number of H-pyrrole nitrogens is 1. The molecular weight excluding hydrogens is 370 g/mol. The van der Waals surface area contributed by atoms with Crippen molar-refractivity contribution in [2.45, 2.75) is 25.8 Å². The fourth-order valence-electron chi connectivity index (χ4n) is 3.84. The molecule has 2 atom stereocenters. The third kappa shape index (κ3) is 4.44. The first kappa shape index (κ1) is 19.9. The van der Waals surface area contributed by atoms with E-state index in [2.05, 4.69) is 64.3 Å². The molecule has 4 nitrogen and oxygen atoms in total. The van der Waals surface area contributed by atoms with Crippen LogP contribution in [0.3, 0.4) is 0 Å². The Morgan fingerprint density at radius 1 is 0.967 bits per heavy atom. The lowest BCUT2D eigenvalue weighted by Gasteiger charge is -2.21. The van der Waals surface area contributed by atoms with Crippen LogP contribution in [0, 0.1) is 6.92 Å². The molecule has 4 heteroatoms. The molecule has 0 saturated heterocycles. The average molecular weight is 398 g/mol. The summed E-state index contributed by atoms with van der Waals surface area (Å²) in [5.74, 6) is 0.0999. The van der Waals surface area contributed by atoms with Gasteiger partial charge in [0.05, 0.1) is 6.04 Å². The number of anilines is 1. The number of fused-ring (bicyclic) bond motifs is 1. The molecule has 0 aliphatic carbocycles. The van der Waals surface area contributed by atoms with Gasteiger partial charge in [0.25, 0.3) is 0 Å². The molecule has 4 aromatic rings. The van der Waals surface area contributed by atoms with Gasteiger partial charge in [-0.1, -0.05) is 60.7 Å². The molecule has 0 spiro atoms. The smallest absolute Gasteiger partial charge is 0.241 e. The maximum Gasteiger partial charge on any atom is 0.241 e. The molecule has 0 aliphatic rings. The largest absolute Gasteiger partial charge is 0.361 e. The summed E-state index contributed by atoms with van der Waals surface area (Å²) in [5, 5.41) is 7.66. The third-order valence-corrected chi connectivity index (χ3v) is 5.51. The van der Waals surface area contributed by atoms with Crippen molar-refractivity contribution in [3.63, 3.8) is 0 Å². The zero-order valence-corrected chi connectivity index (χ0v) is 17.4. The van der Waals surface area contributed by atoms with Crippen LogP contribution < -0.4 is 10.6 Å². The minimum atomic E-state index is -0.318. The Balaban J connectivity index is 1.52. The minimum Gasteiger partial charge on any atom is -0.361 e. The summed E-state index contributed by atoms with van der Waals surface area (Å²) in [6.07, 6.45) is 2.08. The quantitative estimate of drug-likeness (QED) is 0.400. The number of aromatic nitrogens is 1. The van der Waals surface area contributed by atoms with Crippen LogP contribution in [0.1, 0.15) is 29.5 Å². The van der Waals surface area contributed by atoms with Crippen molar-refractivity contribution in [1.29, 1.82) is 0 Å². The molecule has 3 aromatic carbocycles. The number of para-hydroxylation sites is 1. The Morgan fingerprint density at radius 3 is 2.53 bits per heavy atom. The summed E-state index contributed by atoms with van der Waals surface area (Å²) in [4.78, 5) is 16.1. The summed E-state index contributed by atoms with van der Waals surface area (Å²) in [5.41, 5.74) is 5.53. The Kier molecular flexibility index (Phi) is 5.96. The number of hydrogen-bond donors (Lipinski definition) is 3. The van der Waals surface area contributed by atoms with E-state index in [0.29, 0.717) is 6.54 Å². The molecule has 30 heavy (non-hydrogen) atoms. The van der Waals surface area contributed by atoms with E-state index >= 15 is 0 Å².